The van der Waals surface area contributed by atoms with E-state index in [4.69, 9.17) is 4.74 Å². The predicted octanol–water partition coefficient (Wildman–Crippen LogP) is 3.68. The second-order valence-electron chi connectivity index (χ2n) is 5.36. The van der Waals surface area contributed by atoms with E-state index in [1.54, 1.807) is 25.9 Å². The standard InChI is InChI=1S/C19H24FN3OS/c1-21-19(23-14-15-4-8-17(24-2)9-5-15)22-12-3-13-25-18-10-6-16(20)7-11-18/h4-11H,3,12-14H2,1-2H3,(H2,21,22,23). The topological polar surface area (TPSA) is 45.7 Å². The highest BCUT2D eigenvalue weighted by Gasteiger charge is 2.00. The van der Waals surface area contributed by atoms with Gasteiger partial charge in [0.15, 0.2) is 5.96 Å². The molecule has 2 aromatic carbocycles. The largest absolute Gasteiger partial charge is 0.497 e. The SMILES string of the molecule is CN=C(NCCCSc1ccc(F)cc1)NCc1ccc(OC)cc1. The first-order valence-corrected chi connectivity index (χ1v) is 9.15. The number of methoxy groups -OCH3 is 1. The second-order valence-corrected chi connectivity index (χ2v) is 6.52. The van der Waals surface area contributed by atoms with Gasteiger partial charge in [-0.3, -0.25) is 4.99 Å². The third-order valence-corrected chi connectivity index (χ3v) is 4.64. The van der Waals surface area contributed by atoms with Crippen molar-refractivity contribution in [2.24, 2.45) is 4.99 Å². The summed E-state index contributed by atoms with van der Waals surface area (Å²) in [6, 6.07) is 14.5. The van der Waals surface area contributed by atoms with Gasteiger partial charge >= 0.3 is 0 Å². The summed E-state index contributed by atoms with van der Waals surface area (Å²) in [4.78, 5) is 5.31. The van der Waals surface area contributed by atoms with Crippen molar-refractivity contribution in [3.8, 4) is 5.75 Å². The minimum atomic E-state index is -0.197. The van der Waals surface area contributed by atoms with Crippen LogP contribution in [0.3, 0.4) is 0 Å². The first-order chi connectivity index (χ1) is 12.2. The number of hydrogen-bond acceptors (Lipinski definition) is 3. The fraction of sp³-hybridized carbons (Fsp3) is 0.316. The Hall–Kier alpha value is -2.21. The lowest BCUT2D eigenvalue weighted by atomic mass is 10.2. The maximum Gasteiger partial charge on any atom is 0.191 e. The maximum atomic E-state index is 12.8. The quantitative estimate of drug-likeness (QED) is 0.326. The Morgan fingerprint density at radius 1 is 1.08 bits per heavy atom. The molecule has 2 N–H and O–H groups in total. The molecule has 0 aliphatic rings. The van der Waals surface area contributed by atoms with E-state index in [9.17, 15) is 4.39 Å². The minimum Gasteiger partial charge on any atom is -0.497 e. The molecule has 0 atom stereocenters. The highest BCUT2D eigenvalue weighted by Crippen LogP contribution is 2.18. The maximum absolute atomic E-state index is 12.8. The Bertz CT molecular complexity index is 659. The van der Waals surface area contributed by atoms with Crippen molar-refractivity contribution in [3.63, 3.8) is 0 Å². The van der Waals surface area contributed by atoms with E-state index in [1.807, 2.05) is 36.4 Å². The zero-order valence-electron chi connectivity index (χ0n) is 14.6. The molecule has 0 aromatic heterocycles. The van der Waals surface area contributed by atoms with Gasteiger partial charge in [0.25, 0.3) is 0 Å². The van der Waals surface area contributed by atoms with E-state index in [0.717, 1.165) is 40.9 Å². The van der Waals surface area contributed by atoms with Crippen LogP contribution in [0.1, 0.15) is 12.0 Å². The Kier molecular flexibility index (Phi) is 8.12. The molecule has 2 rings (SSSR count). The fourth-order valence-electron chi connectivity index (χ4n) is 2.15. The van der Waals surface area contributed by atoms with E-state index in [2.05, 4.69) is 15.6 Å². The molecule has 0 heterocycles. The van der Waals surface area contributed by atoms with Crippen molar-refractivity contribution in [1.29, 1.82) is 0 Å². The number of thioether (sulfide) groups is 1. The Morgan fingerprint density at radius 2 is 1.80 bits per heavy atom. The van der Waals surface area contributed by atoms with Crippen LogP contribution >= 0.6 is 11.8 Å². The molecule has 25 heavy (non-hydrogen) atoms. The monoisotopic (exact) mass is 361 g/mol. The van der Waals surface area contributed by atoms with Gasteiger partial charge in [0, 0.05) is 25.0 Å². The third kappa shape index (κ3) is 7.05. The van der Waals surface area contributed by atoms with Crippen LogP contribution in [0, 0.1) is 5.82 Å². The Labute approximate surface area is 152 Å². The molecule has 0 radical (unpaired) electrons. The summed E-state index contributed by atoms with van der Waals surface area (Å²) >= 11 is 1.72. The van der Waals surface area contributed by atoms with Gasteiger partial charge in [-0.25, -0.2) is 4.39 Å². The van der Waals surface area contributed by atoms with Crippen molar-refractivity contribution in [1.82, 2.24) is 10.6 Å². The van der Waals surface area contributed by atoms with Gasteiger partial charge in [-0.2, -0.15) is 0 Å². The summed E-state index contributed by atoms with van der Waals surface area (Å²) in [6.45, 7) is 1.53. The van der Waals surface area contributed by atoms with E-state index < -0.39 is 0 Å². The number of guanidine groups is 1. The number of nitrogens with one attached hydrogen (secondary N) is 2. The summed E-state index contributed by atoms with van der Waals surface area (Å²) in [7, 11) is 3.42. The first kappa shape index (κ1) is 19.1. The smallest absolute Gasteiger partial charge is 0.191 e. The molecular formula is C19H24FN3OS. The molecule has 0 saturated heterocycles. The average Bonchev–Trinajstić information content (AvgIpc) is 2.66. The van der Waals surface area contributed by atoms with Crippen molar-refractivity contribution >= 4 is 17.7 Å². The van der Waals surface area contributed by atoms with Crippen LogP contribution in [0.25, 0.3) is 0 Å². The first-order valence-electron chi connectivity index (χ1n) is 8.17. The molecule has 0 aliphatic carbocycles. The number of benzene rings is 2. The number of ether oxygens (including phenoxy) is 1. The summed E-state index contributed by atoms with van der Waals surface area (Å²) < 4.78 is 18.0. The van der Waals surface area contributed by atoms with Gasteiger partial charge < -0.3 is 15.4 Å². The van der Waals surface area contributed by atoms with Crippen LogP contribution in [-0.2, 0) is 6.54 Å². The van der Waals surface area contributed by atoms with Crippen LogP contribution in [-0.4, -0.2) is 32.4 Å². The number of hydrogen-bond donors (Lipinski definition) is 2. The summed E-state index contributed by atoms with van der Waals surface area (Å²) in [5, 5.41) is 6.59. The molecule has 134 valence electrons. The molecule has 0 fully saturated rings. The third-order valence-electron chi connectivity index (χ3n) is 3.54. The zero-order chi connectivity index (χ0) is 17.9. The molecule has 6 heteroatoms. The highest BCUT2D eigenvalue weighted by atomic mass is 32.2. The molecule has 0 unspecified atom stereocenters. The minimum absolute atomic E-state index is 0.197. The van der Waals surface area contributed by atoms with Crippen molar-refractivity contribution in [3.05, 3.63) is 59.9 Å². The number of nitrogens with zero attached hydrogens (tertiary/aromatic N) is 1. The molecule has 4 nitrogen and oxygen atoms in total. The molecular weight excluding hydrogens is 337 g/mol. The Morgan fingerprint density at radius 3 is 2.44 bits per heavy atom. The van der Waals surface area contributed by atoms with Gasteiger partial charge in [-0.05, 0) is 54.1 Å². The van der Waals surface area contributed by atoms with E-state index >= 15 is 0 Å². The van der Waals surface area contributed by atoms with E-state index in [-0.39, 0.29) is 5.82 Å². The van der Waals surface area contributed by atoms with Gasteiger partial charge in [-0.15, -0.1) is 11.8 Å². The van der Waals surface area contributed by atoms with Gasteiger partial charge in [0.1, 0.15) is 11.6 Å². The Balaban J connectivity index is 1.63. The highest BCUT2D eigenvalue weighted by molar-refractivity contribution is 7.99. The van der Waals surface area contributed by atoms with E-state index in [0.29, 0.717) is 6.54 Å². The van der Waals surface area contributed by atoms with Crippen molar-refractivity contribution in [2.45, 2.75) is 17.9 Å². The predicted molar refractivity (Wildman–Crippen MR) is 103 cm³/mol. The van der Waals surface area contributed by atoms with Crippen molar-refractivity contribution in [2.75, 3.05) is 26.5 Å². The summed E-state index contributed by atoms with van der Waals surface area (Å²) in [5.74, 6) is 2.40. The lowest BCUT2D eigenvalue weighted by molar-refractivity contribution is 0.414. The van der Waals surface area contributed by atoms with E-state index in [1.165, 1.54) is 12.1 Å². The summed E-state index contributed by atoms with van der Waals surface area (Å²) in [5.41, 5.74) is 1.16. The van der Waals surface area contributed by atoms with Gasteiger partial charge in [0.2, 0.25) is 0 Å². The number of aliphatic imine (C=N–C) groups is 1. The average molecular weight is 361 g/mol. The number of halogens is 1. The van der Waals surface area contributed by atoms with Gasteiger partial charge in [-0.1, -0.05) is 12.1 Å². The fourth-order valence-corrected chi connectivity index (χ4v) is 3.00. The van der Waals surface area contributed by atoms with Crippen LogP contribution in [0.15, 0.2) is 58.4 Å². The second kappa shape index (κ2) is 10.6. The van der Waals surface area contributed by atoms with Crippen molar-refractivity contribution < 1.29 is 9.13 Å². The molecule has 2 aromatic rings. The van der Waals surface area contributed by atoms with Crippen LogP contribution in [0.5, 0.6) is 5.75 Å². The molecule has 0 aliphatic heterocycles. The van der Waals surface area contributed by atoms with Crippen LogP contribution < -0.4 is 15.4 Å². The lowest BCUT2D eigenvalue weighted by Crippen LogP contribution is -2.37. The van der Waals surface area contributed by atoms with Gasteiger partial charge in [0.05, 0.1) is 7.11 Å². The van der Waals surface area contributed by atoms with Crippen LogP contribution in [0.4, 0.5) is 4.39 Å². The lowest BCUT2D eigenvalue weighted by Gasteiger charge is -2.12. The summed E-state index contributed by atoms with van der Waals surface area (Å²) in [6.07, 6.45) is 0.991. The molecule has 0 bridgehead atoms. The molecule has 0 amide bonds. The molecule has 0 spiro atoms. The normalized spacial score (nSPS) is 11.2. The molecule has 0 saturated carbocycles. The van der Waals surface area contributed by atoms with Crippen LogP contribution in [0.2, 0.25) is 0 Å². The zero-order valence-corrected chi connectivity index (χ0v) is 15.4. The number of rotatable bonds is 8.